The van der Waals surface area contributed by atoms with Gasteiger partial charge in [0.1, 0.15) is 11.6 Å². The van der Waals surface area contributed by atoms with Crippen LogP contribution in [0.15, 0.2) is 24.3 Å². The van der Waals surface area contributed by atoms with E-state index in [0.717, 1.165) is 42.0 Å². The zero-order valence-electron chi connectivity index (χ0n) is 16.5. The first-order valence-corrected chi connectivity index (χ1v) is 9.39. The van der Waals surface area contributed by atoms with Gasteiger partial charge in [-0.3, -0.25) is 10.00 Å². The number of carbonyl (C=O) groups is 1. The molecule has 2 heterocycles. The van der Waals surface area contributed by atoms with Gasteiger partial charge in [-0.25, -0.2) is 4.79 Å². The summed E-state index contributed by atoms with van der Waals surface area (Å²) in [5, 5.41) is 7.59. The Labute approximate surface area is 160 Å². The van der Waals surface area contributed by atoms with Gasteiger partial charge < -0.3 is 14.4 Å². The van der Waals surface area contributed by atoms with E-state index in [0.29, 0.717) is 19.0 Å². The Balaban J connectivity index is 1.88. The molecule has 0 radical (unpaired) electrons. The number of para-hydroxylation sites is 1. The molecule has 1 aromatic heterocycles. The van der Waals surface area contributed by atoms with Crippen LogP contribution in [0.2, 0.25) is 0 Å². The molecule has 1 aromatic carbocycles. The van der Waals surface area contributed by atoms with Gasteiger partial charge in [-0.2, -0.15) is 5.10 Å². The molecule has 1 N–H and O–H groups in total. The highest BCUT2D eigenvalue weighted by atomic mass is 16.5. The minimum absolute atomic E-state index is 0.114. The van der Waals surface area contributed by atoms with Gasteiger partial charge in [-0.05, 0) is 32.8 Å². The minimum Gasteiger partial charge on any atom is -0.496 e. The van der Waals surface area contributed by atoms with Crippen molar-refractivity contribution in [3.63, 3.8) is 0 Å². The molecule has 7 heteroatoms. The van der Waals surface area contributed by atoms with E-state index in [9.17, 15) is 4.79 Å². The molecule has 7 nitrogen and oxygen atoms in total. The van der Waals surface area contributed by atoms with Crippen molar-refractivity contribution in [1.29, 1.82) is 0 Å². The molecule has 1 unspecified atom stereocenters. The first-order chi connectivity index (χ1) is 13.1. The molecule has 0 aliphatic carbocycles. The van der Waals surface area contributed by atoms with Crippen molar-refractivity contribution in [1.82, 2.24) is 14.7 Å². The smallest absolute Gasteiger partial charge is 0.323 e. The summed E-state index contributed by atoms with van der Waals surface area (Å²) in [6.45, 7) is 5.88. The summed E-state index contributed by atoms with van der Waals surface area (Å²) in [5.41, 5.74) is 2.63. The van der Waals surface area contributed by atoms with E-state index in [1.165, 1.54) is 0 Å². The number of carbonyl (C=O) groups excluding carboxylic acids is 1. The maximum Gasteiger partial charge on any atom is 0.323 e. The number of aromatic nitrogens is 2. The largest absolute Gasteiger partial charge is 0.496 e. The summed E-state index contributed by atoms with van der Waals surface area (Å²) in [4.78, 5) is 14.8. The molecule has 3 rings (SSSR count). The summed E-state index contributed by atoms with van der Waals surface area (Å²) >= 11 is 0. The van der Waals surface area contributed by atoms with Gasteiger partial charge in [-0.1, -0.05) is 18.2 Å². The quantitative estimate of drug-likeness (QED) is 0.843. The number of aryl methyl sites for hydroxylation is 2. The number of hydrogen-bond acceptors (Lipinski definition) is 4. The fraction of sp³-hybridized carbons (Fsp3) is 0.500. The molecular weight excluding hydrogens is 344 g/mol. The maximum atomic E-state index is 13.0. The van der Waals surface area contributed by atoms with Crippen molar-refractivity contribution in [2.24, 2.45) is 7.05 Å². The van der Waals surface area contributed by atoms with Crippen molar-refractivity contribution in [3.05, 3.63) is 30.0 Å². The summed E-state index contributed by atoms with van der Waals surface area (Å²) in [5.74, 6) is 1.42. The highest BCUT2D eigenvalue weighted by Crippen LogP contribution is 2.37. The summed E-state index contributed by atoms with van der Waals surface area (Å²) in [7, 11) is 3.48. The Bertz CT molecular complexity index is 803. The van der Waals surface area contributed by atoms with Gasteiger partial charge in [0.2, 0.25) is 0 Å². The van der Waals surface area contributed by atoms with Gasteiger partial charge in [0, 0.05) is 25.8 Å². The van der Waals surface area contributed by atoms with Crippen LogP contribution < -0.4 is 10.1 Å². The number of ether oxygens (including phenoxy) is 2. The van der Waals surface area contributed by atoms with Gasteiger partial charge in [0.25, 0.3) is 0 Å². The van der Waals surface area contributed by atoms with Gasteiger partial charge in [0.15, 0.2) is 0 Å². The lowest BCUT2D eigenvalue weighted by molar-refractivity contribution is 0.0970. The van der Waals surface area contributed by atoms with Crippen molar-refractivity contribution < 1.29 is 14.3 Å². The molecule has 0 bridgehead atoms. The molecule has 1 fully saturated rings. The van der Waals surface area contributed by atoms with Crippen LogP contribution in [0.3, 0.4) is 0 Å². The Morgan fingerprint density at radius 2 is 2.15 bits per heavy atom. The van der Waals surface area contributed by atoms with Crippen molar-refractivity contribution in [2.45, 2.75) is 32.7 Å². The van der Waals surface area contributed by atoms with Crippen LogP contribution in [0.5, 0.6) is 5.75 Å². The van der Waals surface area contributed by atoms with E-state index >= 15 is 0 Å². The van der Waals surface area contributed by atoms with Gasteiger partial charge in [0.05, 0.1) is 31.0 Å². The number of amides is 2. The number of methoxy groups -OCH3 is 1. The molecule has 2 aromatic rings. The van der Waals surface area contributed by atoms with E-state index in [1.807, 2.05) is 50.1 Å². The van der Waals surface area contributed by atoms with Crippen LogP contribution in [-0.2, 0) is 11.8 Å². The Morgan fingerprint density at radius 3 is 2.89 bits per heavy atom. The predicted octanol–water partition coefficient (Wildman–Crippen LogP) is 3.44. The Kier molecular flexibility index (Phi) is 6.01. The highest BCUT2D eigenvalue weighted by Gasteiger charge is 2.30. The molecule has 1 aliphatic rings. The predicted molar refractivity (Wildman–Crippen MR) is 105 cm³/mol. The molecule has 27 heavy (non-hydrogen) atoms. The van der Waals surface area contributed by atoms with E-state index in [1.54, 1.807) is 11.8 Å². The average molecular weight is 372 g/mol. The summed E-state index contributed by atoms with van der Waals surface area (Å²) < 4.78 is 12.8. The second-order valence-corrected chi connectivity index (χ2v) is 6.71. The fourth-order valence-electron chi connectivity index (χ4n) is 3.68. The van der Waals surface area contributed by atoms with E-state index in [2.05, 4.69) is 10.4 Å². The lowest BCUT2D eigenvalue weighted by Gasteiger charge is -2.25. The third-order valence-electron chi connectivity index (χ3n) is 4.98. The lowest BCUT2D eigenvalue weighted by Crippen LogP contribution is -2.41. The van der Waals surface area contributed by atoms with Gasteiger partial charge >= 0.3 is 6.03 Å². The zero-order chi connectivity index (χ0) is 19.4. The molecule has 2 amide bonds. The second kappa shape index (κ2) is 8.43. The average Bonchev–Trinajstić information content (AvgIpc) is 3.24. The second-order valence-electron chi connectivity index (χ2n) is 6.71. The number of anilines is 1. The van der Waals surface area contributed by atoms with E-state index in [4.69, 9.17) is 9.47 Å². The van der Waals surface area contributed by atoms with Crippen LogP contribution in [0.4, 0.5) is 10.6 Å². The van der Waals surface area contributed by atoms with Gasteiger partial charge in [-0.15, -0.1) is 0 Å². The number of hydrogen-bond donors (Lipinski definition) is 1. The Hall–Kier alpha value is -2.54. The summed E-state index contributed by atoms with van der Waals surface area (Å²) in [6.07, 6.45) is 1.96. The van der Waals surface area contributed by atoms with Crippen molar-refractivity contribution >= 4 is 11.8 Å². The SMILES string of the molecule is CCOCC1CCCN1C(=O)Nc1c(-c2ccccc2OC)c(C)nn1C. The van der Waals surface area contributed by atoms with Crippen LogP contribution in [-0.4, -0.2) is 53.6 Å². The molecular formula is C20H28N4O3. The third-order valence-corrected chi connectivity index (χ3v) is 4.98. The summed E-state index contributed by atoms with van der Waals surface area (Å²) in [6, 6.07) is 7.77. The van der Waals surface area contributed by atoms with Crippen LogP contribution in [0, 0.1) is 6.92 Å². The van der Waals surface area contributed by atoms with Crippen molar-refractivity contribution in [3.8, 4) is 16.9 Å². The molecule has 1 aliphatic heterocycles. The number of urea groups is 1. The van der Waals surface area contributed by atoms with Crippen LogP contribution in [0.1, 0.15) is 25.5 Å². The standard InChI is InChI=1S/C20H28N4O3/c1-5-27-13-15-9-8-12-24(15)20(25)21-19-18(14(2)22-23(19)3)16-10-6-7-11-17(16)26-4/h6-7,10-11,15H,5,8-9,12-13H2,1-4H3,(H,21,25). The molecule has 1 atom stereocenters. The van der Waals surface area contributed by atoms with Crippen LogP contribution >= 0.6 is 0 Å². The fourth-order valence-corrected chi connectivity index (χ4v) is 3.68. The maximum absolute atomic E-state index is 13.0. The minimum atomic E-state index is -0.114. The molecule has 146 valence electrons. The van der Waals surface area contributed by atoms with Crippen molar-refractivity contribution in [2.75, 3.05) is 32.2 Å². The lowest BCUT2D eigenvalue weighted by atomic mass is 10.0. The monoisotopic (exact) mass is 372 g/mol. The number of nitrogens with zero attached hydrogens (tertiary/aromatic N) is 3. The topological polar surface area (TPSA) is 68.6 Å². The highest BCUT2D eigenvalue weighted by molar-refractivity contribution is 5.95. The zero-order valence-corrected chi connectivity index (χ0v) is 16.5. The number of likely N-dealkylation sites (tertiary alicyclic amines) is 1. The Morgan fingerprint density at radius 1 is 1.37 bits per heavy atom. The first kappa shape index (κ1) is 19.2. The normalized spacial score (nSPS) is 16.6. The first-order valence-electron chi connectivity index (χ1n) is 9.39. The number of benzene rings is 1. The van der Waals surface area contributed by atoms with E-state index in [-0.39, 0.29) is 12.1 Å². The third kappa shape index (κ3) is 3.93. The van der Waals surface area contributed by atoms with Crippen LogP contribution in [0.25, 0.3) is 11.1 Å². The number of nitrogens with one attached hydrogen (secondary N) is 1. The van der Waals surface area contributed by atoms with E-state index < -0.39 is 0 Å². The molecule has 0 saturated carbocycles. The number of rotatable bonds is 6. The molecule has 1 saturated heterocycles. The molecule has 0 spiro atoms.